The monoisotopic (exact) mass is 344 g/mol. The molecular weight excluding hydrogens is 327 g/mol. The van der Waals surface area contributed by atoms with Crippen LogP contribution in [0.1, 0.15) is 21.5 Å². The molecule has 128 valence electrons. The molecule has 0 spiro atoms. The third-order valence-electron chi connectivity index (χ3n) is 4.08. The van der Waals surface area contributed by atoms with Crippen molar-refractivity contribution in [3.63, 3.8) is 0 Å². The quantitative estimate of drug-likeness (QED) is 0.508. The van der Waals surface area contributed by atoms with Crippen molar-refractivity contribution >= 4 is 17.2 Å². The van der Waals surface area contributed by atoms with Gasteiger partial charge in [-0.25, -0.2) is 4.39 Å². The first-order chi connectivity index (χ1) is 12.6. The minimum atomic E-state index is -0.390. The number of benzene rings is 2. The fourth-order valence-electron chi connectivity index (χ4n) is 2.70. The molecule has 0 saturated carbocycles. The van der Waals surface area contributed by atoms with E-state index in [1.165, 1.54) is 12.1 Å². The van der Waals surface area contributed by atoms with Gasteiger partial charge in [-0.2, -0.15) is 0 Å². The first kappa shape index (κ1) is 17.4. The van der Waals surface area contributed by atoms with E-state index in [1.807, 2.05) is 24.1 Å². The summed E-state index contributed by atoms with van der Waals surface area (Å²) in [5.74, 6) is 2.01. The van der Waals surface area contributed by atoms with Gasteiger partial charge in [-0.05, 0) is 48.0 Å². The maximum atomic E-state index is 14.1. The number of hydrogen-bond acceptors (Lipinski definition) is 3. The highest BCUT2D eigenvalue weighted by Gasteiger charge is 2.12. The summed E-state index contributed by atoms with van der Waals surface area (Å²) in [6.45, 7) is 0. The van der Waals surface area contributed by atoms with E-state index < -0.39 is 5.82 Å². The molecule has 1 aromatic heterocycles. The number of pyridine rings is 1. The Hall–Kier alpha value is -3.45. The van der Waals surface area contributed by atoms with Crippen LogP contribution in [0, 0.1) is 18.2 Å². The Balaban J connectivity index is 1.86. The number of ketones is 1. The lowest BCUT2D eigenvalue weighted by molar-refractivity contribution is 0.0993. The predicted octanol–water partition coefficient (Wildman–Crippen LogP) is 4.40. The molecule has 0 aliphatic carbocycles. The van der Waals surface area contributed by atoms with Gasteiger partial charge in [0.1, 0.15) is 5.82 Å². The molecular formula is C22H17FN2O. The molecule has 0 fully saturated rings. The van der Waals surface area contributed by atoms with E-state index in [9.17, 15) is 9.18 Å². The largest absolute Gasteiger partial charge is 0.343 e. The zero-order valence-corrected chi connectivity index (χ0v) is 14.3. The third-order valence-corrected chi connectivity index (χ3v) is 4.08. The maximum absolute atomic E-state index is 14.1. The van der Waals surface area contributed by atoms with Crippen LogP contribution in [0.3, 0.4) is 0 Å². The van der Waals surface area contributed by atoms with Crippen molar-refractivity contribution in [3.05, 3.63) is 89.5 Å². The van der Waals surface area contributed by atoms with Gasteiger partial charge in [-0.1, -0.05) is 18.1 Å². The molecule has 2 aromatic carbocycles. The Kier molecular flexibility index (Phi) is 5.09. The van der Waals surface area contributed by atoms with Crippen LogP contribution in [0.2, 0.25) is 0 Å². The van der Waals surface area contributed by atoms with Crippen molar-refractivity contribution in [2.24, 2.45) is 0 Å². The minimum absolute atomic E-state index is 0.0969. The van der Waals surface area contributed by atoms with Gasteiger partial charge in [0.15, 0.2) is 5.78 Å². The number of rotatable bonds is 5. The second-order valence-corrected chi connectivity index (χ2v) is 5.91. The van der Waals surface area contributed by atoms with Gasteiger partial charge < -0.3 is 4.90 Å². The highest BCUT2D eigenvalue weighted by atomic mass is 19.1. The van der Waals surface area contributed by atoms with Crippen molar-refractivity contribution in [2.75, 3.05) is 11.9 Å². The summed E-state index contributed by atoms with van der Waals surface area (Å²) in [6, 6.07) is 15.2. The molecule has 0 aliphatic rings. The highest BCUT2D eigenvalue weighted by Crippen LogP contribution is 2.25. The number of aromatic nitrogens is 1. The first-order valence-corrected chi connectivity index (χ1v) is 8.10. The molecule has 0 aliphatic heterocycles. The van der Waals surface area contributed by atoms with Crippen molar-refractivity contribution in [3.8, 4) is 12.3 Å². The molecule has 0 unspecified atom stereocenters. The number of Topliss-reactive ketones (excluding diaryl/α,β-unsaturated/α-hetero) is 1. The molecule has 0 atom stereocenters. The summed E-state index contributed by atoms with van der Waals surface area (Å²) < 4.78 is 14.1. The Bertz CT molecular complexity index is 977. The van der Waals surface area contributed by atoms with E-state index in [2.05, 4.69) is 10.9 Å². The molecule has 1 heterocycles. The number of terminal acetylenes is 1. The second kappa shape index (κ2) is 7.62. The van der Waals surface area contributed by atoms with Crippen LogP contribution >= 0.6 is 0 Å². The normalized spacial score (nSPS) is 10.2. The van der Waals surface area contributed by atoms with Crippen molar-refractivity contribution < 1.29 is 9.18 Å². The summed E-state index contributed by atoms with van der Waals surface area (Å²) in [5, 5.41) is 0. The van der Waals surface area contributed by atoms with Crippen LogP contribution in [0.25, 0.3) is 0 Å². The number of hydrogen-bond donors (Lipinski definition) is 0. The van der Waals surface area contributed by atoms with Crippen LogP contribution in [0.5, 0.6) is 0 Å². The molecule has 0 bridgehead atoms. The lowest BCUT2D eigenvalue weighted by Gasteiger charge is -2.20. The Morgan fingerprint density at radius 2 is 2.00 bits per heavy atom. The number of nitrogens with zero attached hydrogens (tertiary/aromatic N) is 2. The summed E-state index contributed by atoms with van der Waals surface area (Å²) >= 11 is 0. The van der Waals surface area contributed by atoms with Gasteiger partial charge in [0.2, 0.25) is 0 Å². The van der Waals surface area contributed by atoms with E-state index >= 15 is 0 Å². The van der Waals surface area contributed by atoms with Crippen LogP contribution in [-0.4, -0.2) is 17.8 Å². The number of carbonyl (C=O) groups excluding carboxylic acids is 1. The van der Waals surface area contributed by atoms with Gasteiger partial charge in [0, 0.05) is 36.5 Å². The fourth-order valence-corrected chi connectivity index (χ4v) is 2.70. The standard InChI is InChI=1S/C22H17FN2O/c1-3-16-6-4-7-18(10-16)22(26)13-17-11-19(23)14-21(12-17)25(2)20-8-5-9-24-15-20/h1,4-12,14-15H,13H2,2H3. The second-order valence-electron chi connectivity index (χ2n) is 5.91. The number of carbonyl (C=O) groups is 1. The Morgan fingerprint density at radius 1 is 1.15 bits per heavy atom. The minimum Gasteiger partial charge on any atom is -0.343 e. The predicted molar refractivity (Wildman–Crippen MR) is 101 cm³/mol. The zero-order valence-electron chi connectivity index (χ0n) is 14.3. The Labute approximate surface area is 152 Å². The van der Waals surface area contributed by atoms with Gasteiger partial charge >= 0.3 is 0 Å². The smallest absolute Gasteiger partial charge is 0.167 e. The molecule has 26 heavy (non-hydrogen) atoms. The van der Waals surface area contributed by atoms with E-state index in [-0.39, 0.29) is 12.2 Å². The van der Waals surface area contributed by atoms with E-state index in [4.69, 9.17) is 6.42 Å². The molecule has 0 saturated heterocycles. The van der Waals surface area contributed by atoms with Crippen molar-refractivity contribution in [1.82, 2.24) is 4.98 Å². The summed E-state index contributed by atoms with van der Waals surface area (Å²) in [5.41, 5.74) is 3.25. The topological polar surface area (TPSA) is 33.2 Å². The number of anilines is 2. The third kappa shape index (κ3) is 3.96. The SMILES string of the molecule is C#Cc1cccc(C(=O)Cc2cc(F)cc(N(C)c3cccnc3)c2)c1. The van der Waals surface area contributed by atoms with E-state index in [0.717, 1.165) is 5.69 Å². The van der Waals surface area contributed by atoms with Gasteiger partial charge in [0.05, 0.1) is 11.9 Å². The summed E-state index contributed by atoms with van der Waals surface area (Å²) in [6.07, 6.45) is 8.85. The molecule has 0 amide bonds. The molecule has 3 aromatic rings. The summed E-state index contributed by atoms with van der Waals surface area (Å²) in [4.78, 5) is 18.4. The van der Waals surface area contributed by atoms with Crippen LogP contribution < -0.4 is 4.90 Å². The van der Waals surface area contributed by atoms with Crippen LogP contribution in [0.4, 0.5) is 15.8 Å². The number of halogens is 1. The van der Waals surface area contributed by atoms with Crippen molar-refractivity contribution in [1.29, 1.82) is 0 Å². The molecule has 0 N–H and O–H groups in total. The van der Waals surface area contributed by atoms with E-state index in [0.29, 0.717) is 22.4 Å². The van der Waals surface area contributed by atoms with Gasteiger partial charge in [-0.3, -0.25) is 9.78 Å². The molecule has 0 radical (unpaired) electrons. The van der Waals surface area contributed by atoms with Crippen LogP contribution in [0.15, 0.2) is 67.0 Å². The lowest BCUT2D eigenvalue weighted by atomic mass is 10.0. The highest BCUT2D eigenvalue weighted by molar-refractivity contribution is 5.98. The van der Waals surface area contributed by atoms with Crippen molar-refractivity contribution in [2.45, 2.75) is 6.42 Å². The summed E-state index contributed by atoms with van der Waals surface area (Å²) in [7, 11) is 1.83. The average Bonchev–Trinajstić information content (AvgIpc) is 2.67. The molecule has 3 rings (SSSR count). The first-order valence-electron chi connectivity index (χ1n) is 8.10. The van der Waals surface area contributed by atoms with Crippen LogP contribution in [-0.2, 0) is 6.42 Å². The molecule has 4 heteroatoms. The van der Waals surface area contributed by atoms with Gasteiger partial charge in [-0.15, -0.1) is 6.42 Å². The van der Waals surface area contributed by atoms with E-state index in [1.54, 1.807) is 42.7 Å². The maximum Gasteiger partial charge on any atom is 0.167 e. The van der Waals surface area contributed by atoms with Gasteiger partial charge in [0.25, 0.3) is 0 Å². The zero-order chi connectivity index (χ0) is 18.5. The average molecular weight is 344 g/mol. The fraction of sp³-hybridized carbons (Fsp3) is 0.0909. The Morgan fingerprint density at radius 3 is 2.73 bits per heavy atom. The molecule has 3 nitrogen and oxygen atoms in total. The lowest BCUT2D eigenvalue weighted by Crippen LogP contribution is -2.11.